The van der Waals surface area contributed by atoms with Gasteiger partial charge in [-0.3, -0.25) is 19.4 Å². The number of carbonyl (C=O) groups is 2. The summed E-state index contributed by atoms with van der Waals surface area (Å²) < 4.78 is 13.6. The first-order valence-corrected chi connectivity index (χ1v) is 9.25. The smallest absolute Gasteiger partial charge is 0.238 e. The molecule has 0 spiro atoms. The third kappa shape index (κ3) is 5.02. The molecule has 2 amide bonds. The molecule has 1 aliphatic heterocycles. The molecule has 142 valence electrons. The van der Waals surface area contributed by atoms with E-state index in [1.54, 1.807) is 19.1 Å². The van der Waals surface area contributed by atoms with Gasteiger partial charge in [-0.2, -0.15) is 0 Å². The van der Waals surface area contributed by atoms with Crippen LogP contribution in [-0.4, -0.2) is 66.4 Å². The van der Waals surface area contributed by atoms with Crippen LogP contribution in [0.4, 0.5) is 10.1 Å². The molecule has 2 N–H and O–H groups in total. The van der Waals surface area contributed by atoms with Crippen LogP contribution in [0, 0.1) is 12.7 Å². The summed E-state index contributed by atoms with van der Waals surface area (Å²) >= 11 is 0. The summed E-state index contributed by atoms with van der Waals surface area (Å²) in [7, 11) is 0. The Morgan fingerprint density at radius 2 is 1.92 bits per heavy atom. The van der Waals surface area contributed by atoms with E-state index in [1.165, 1.54) is 6.07 Å². The molecule has 1 saturated carbocycles. The van der Waals surface area contributed by atoms with E-state index >= 15 is 0 Å². The molecule has 6 nitrogen and oxygen atoms in total. The second kappa shape index (κ2) is 8.14. The summed E-state index contributed by atoms with van der Waals surface area (Å²) in [5.74, 6) is -0.379. The van der Waals surface area contributed by atoms with Gasteiger partial charge < -0.3 is 10.6 Å². The van der Waals surface area contributed by atoms with Crippen LogP contribution in [-0.2, 0) is 9.59 Å². The van der Waals surface area contributed by atoms with Crippen LogP contribution in [0.1, 0.15) is 25.3 Å². The van der Waals surface area contributed by atoms with Gasteiger partial charge in [-0.15, -0.1) is 0 Å². The third-order valence-corrected chi connectivity index (χ3v) is 5.08. The maximum absolute atomic E-state index is 13.6. The zero-order valence-electron chi connectivity index (χ0n) is 15.4. The molecule has 1 aromatic carbocycles. The Hall–Kier alpha value is -1.99. The van der Waals surface area contributed by atoms with Crippen molar-refractivity contribution >= 4 is 17.5 Å². The first-order chi connectivity index (χ1) is 12.4. The van der Waals surface area contributed by atoms with Crippen LogP contribution < -0.4 is 10.6 Å². The van der Waals surface area contributed by atoms with Gasteiger partial charge in [0, 0.05) is 37.9 Å². The number of nitrogens with zero attached hydrogens (tertiary/aromatic N) is 2. The van der Waals surface area contributed by atoms with E-state index < -0.39 is 0 Å². The number of anilines is 1. The largest absolute Gasteiger partial charge is 0.352 e. The van der Waals surface area contributed by atoms with Crippen molar-refractivity contribution < 1.29 is 14.0 Å². The number of nitrogens with one attached hydrogen (secondary N) is 2. The highest BCUT2D eigenvalue weighted by Gasteiger charge is 2.30. The number of aryl methyl sites for hydroxylation is 1. The number of halogens is 1. The van der Waals surface area contributed by atoms with Crippen LogP contribution in [0.3, 0.4) is 0 Å². The van der Waals surface area contributed by atoms with Gasteiger partial charge in [-0.25, -0.2) is 4.39 Å². The number of hydrogen-bond donors (Lipinski definition) is 2. The Balaban J connectivity index is 1.42. The second-order valence-electron chi connectivity index (χ2n) is 7.28. The van der Waals surface area contributed by atoms with Crippen LogP contribution in [0.15, 0.2) is 18.2 Å². The van der Waals surface area contributed by atoms with Gasteiger partial charge >= 0.3 is 0 Å². The van der Waals surface area contributed by atoms with Crippen LogP contribution in [0.25, 0.3) is 0 Å². The molecule has 3 rings (SSSR count). The van der Waals surface area contributed by atoms with Crippen LogP contribution in [0.5, 0.6) is 0 Å². The molecule has 1 unspecified atom stereocenters. The summed E-state index contributed by atoms with van der Waals surface area (Å²) in [6.45, 7) is 6.87. The van der Waals surface area contributed by atoms with E-state index in [2.05, 4.69) is 20.4 Å². The fraction of sp³-hybridized carbons (Fsp3) is 0.579. The number of carbonyl (C=O) groups excluding carboxylic acids is 2. The topological polar surface area (TPSA) is 64.7 Å². The highest BCUT2D eigenvalue weighted by molar-refractivity contribution is 5.92. The minimum absolute atomic E-state index is 0.0973. The van der Waals surface area contributed by atoms with Crippen molar-refractivity contribution in [1.82, 2.24) is 15.1 Å². The van der Waals surface area contributed by atoms with E-state index in [0.717, 1.165) is 39.0 Å². The minimum atomic E-state index is -0.324. The molecule has 0 bridgehead atoms. The molecule has 1 atom stereocenters. The van der Waals surface area contributed by atoms with E-state index in [9.17, 15) is 14.0 Å². The van der Waals surface area contributed by atoms with E-state index in [-0.39, 0.29) is 30.2 Å². The van der Waals surface area contributed by atoms with Crippen LogP contribution in [0.2, 0.25) is 0 Å². The quantitative estimate of drug-likeness (QED) is 0.802. The molecule has 26 heavy (non-hydrogen) atoms. The molecule has 1 aliphatic carbocycles. The summed E-state index contributed by atoms with van der Waals surface area (Å²) in [6.07, 6.45) is 2.18. The van der Waals surface area contributed by atoms with Crippen molar-refractivity contribution in [2.75, 3.05) is 38.0 Å². The summed E-state index contributed by atoms with van der Waals surface area (Å²) in [5, 5.41) is 5.78. The molecule has 0 radical (unpaired) electrons. The molecule has 1 heterocycles. The lowest BCUT2D eigenvalue weighted by Gasteiger charge is -2.37. The maximum atomic E-state index is 13.6. The molecular formula is C19H27FN4O2. The number of benzene rings is 1. The summed E-state index contributed by atoms with van der Waals surface area (Å²) in [6, 6.07) is 4.93. The lowest BCUT2D eigenvalue weighted by Crippen LogP contribution is -2.55. The molecule has 2 aliphatic rings. The Labute approximate surface area is 153 Å². The Morgan fingerprint density at radius 1 is 1.23 bits per heavy atom. The molecule has 2 fully saturated rings. The van der Waals surface area contributed by atoms with Crippen molar-refractivity contribution in [3.63, 3.8) is 0 Å². The number of hydrogen-bond acceptors (Lipinski definition) is 4. The SMILES string of the molecule is Cc1ccc(NC(=O)CN2CCN(C(C)C(=O)NC3CC3)CC2)cc1F. The monoisotopic (exact) mass is 362 g/mol. The predicted molar refractivity (Wildman–Crippen MR) is 98.4 cm³/mol. The standard InChI is InChI=1S/C19H27FN4O2/c1-13-3-4-16(11-17(13)20)21-18(25)12-23-7-9-24(10-8-23)14(2)19(26)22-15-5-6-15/h3-4,11,14-15H,5-10,12H2,1-2H3,(H,21,25)(H,22,26). The van der Waals surface area contributed by atoms with Gasteiger partial charge in [0.1, 0.15) is 5.82 Å². The van der Waals surface area contributed by atoms with Crippen LogP contribution >= 0.6 is 0 Å². The first kappa shape index (κ1) is 18.8. The van der Waals surface area contributed by atoms with E-state index in [4.69, 9.17) is 0 Å². The second-order valence-corrected chi connectivity index (χ2v) is 7.28. The van der Waals surface area contributed by atoms with Crippen molar-refractivity contribution in [3.05, 3.63) is 29.6 Å². The zero-order chi connectivity index (χ0) is 18.7. The predicted octanol–water partition coefficient (Wildman–Crippen LogP) is 1.36. The molecule has 1 saturated heterocycles. The van der Waals surface area contributed by atoms with Crippen molar-refractivity contribution in [2.24, 2.45) is 0 Å². The average Bonchev–Trinajstić information content (AvgIpc) is 3.42. The molecule has 0 aromatic heterocycles. The van der Waals surface area contributed by atoms with Crippen molar-refractivity contribution in [1.29, 1.82) is 0 Å². The lowest BCUT2D eigenvalue weighted by atomic mass is 10.2. The summed E-state index contributed by atoms with van der Waals surface area (Å²) in [5.41, 5.74) is 1.03. The van der Waals surface area contributed by atoms with Gasteiger partial charge in [-0.1, -0.05) is 6.07 Å². The van der Waals surface area contributed by atoms with Crippen molar-refractivity contribution in [3.8, 4) is 0 Å². The fourth-order valence-electron chi connectivity index (χ4n) is 3.10. The molecule has 7 heteroatoms. The Bertz CT molecular complexity index is 670. The maximum Gasteiger partial charge on any atom is 0.238 e. The highest BCUT2D eigenvalue weighted by Crippen LogP contribution is 2.19. The van der Waals surface area contributed by atoms with Crippen molar-refractivity contribution in [2.45, 2.75) is 38.8 Å². The molecular weight excluding hydrogens is 335 g/mol. The number of piperazine rings is 1. The van der Waals surface area contributed by atoms with Gasteiger partial charge in [0.2, 0.25) is 11.8 Å². The average molecular weight is 362 g/mol. The number of rotatable bonds is 6. The Kier molecular flexibility index (Phi) is 5.88. The number of amides is 2. The van der Waals surface area contributed by atoms with Gasteiger partial charge in [0.15, 0.2) is 0 Å². The lowest BCUT2D eigenvalue weighted by molar-refractivity contribution is -0.127. The van der Waals surface area contributed by atoms with E-state index in [1.807, 2.05) is 6.92 Å². The van der Waals surface area contributed by atoms with E-state index in [0.29, 0.717) is 17.3 Å². The highest BCUT2D eigenvalue weighted by atomic mass is 19.1. The fourth-order valence-corrected chi connectivity index (χ4v) is 3.10. The zero-order valence-corrected chi connectivity index (χ0v) is 15.4. The minimum Gasteiger partial charge on any atom is -0.352 e. The third-order valence-electron chi connectivity index (χ3n) is 5.08. The molecule has 1 aromatic rings. The van der Waals surface area contributed by atoms with Gasteiger partial charge in [-0.05, 0) is 44.4 Å². The van der Waals surface area contributed by atoms with Gasteiger partial charge in [0.05, 0.1) is 12.6 Å². The first-order valence-electron chi connectivity index (χ1n) is 9.25. The van der Waals surface area contributed by atoms with Gasteiger partial charge in [0.25, 0.3) is 0 Å². The Morgan fingerprint density at radius 3 is 2.54 bits per heavy atom. The normalized spacial score (nSPS) is 19.8. The summed E-state index contributed by atoms with van der Waals surface area (Å²) in [4.78, 5) is 28.5.